The average molecular weight is 817 g/mol. The first-order valence-corrected chi connectivity index (χ1v) is 22.0. The number of aromatic nitrogens is 2. The molecule has 0 unspecified atom stereocenters. The number of hydrogen-bond acceptors (Lipinski definition) is 3. The summed E-state index contributed by atoms with van der Waals surface area (Å²) < 4.78 is 6.35. The minimum Gasteiger partial charge on any atom is -0.456 e. The summed E-state index contributed by atoms with van der Waals surface area (Å²) in [5.41, 5.74) is 16.5. The Morgan fingerprint density at radius 3 is 1.73 bits per heavy atom. The SMILES string of the molecule is CC1(C)c2cc3ccccc3cc2-c2c(-c3cc(-c4ccc(-c5cccc(-c6ccc7oc8cc9ccccc9cc8c7c6)c5)c5ccccc45)nc(-c4ccccc4)n3)cccc21. The summed E-state index contributed by atoms with van der Waals surface area (Å²) in [7, 11) is 0. The smallest absolute Gasteiger partial charge is 0.160 e. The van der Waals surface area contributed by atoms with Gasteiger partial charge >= 0.3 is 0 Å². The zero-order chi connectivity index (χ0) is 42.5. The minimum atomic E-state index is -0.165. The van der Waals surface area contributed by atoms with Gasteiger partial charge in [0.05, 0.1) is 11.4 Å². The number of nitrogens with zero attached hydrogens (tertiary/aromatic N) is 2. The van der Waals surface area contributed by atoms with Gasteiger partial charge < -0.3 is 4.42 Å². The van der Waals surface area contributed by atoms with Crippen LogP contribution in [0.25, 0.3) is 122 Å². The first kappa shape index (κ1) is 36.5. The van der Waals surface area contributed by atoms with Crippen LogP contribution >= 0.6 is 0 Å². The molecule has 3 nitrogen and oxygen atoms in total. The normalized spacial score (nSPS) is 13.0. The van der Waals surface area contributed by atoms with Crippen molar-refractivity contribution < 1.29 is 4.42 Å². The molecule has 0 amide bonds. The molecule has 0 saturated heterocycles. The van der Waals surface area contributed by atoms with Crippen molar-refractivity contribution in [3.8, 4) is 67.3 Å². The van der Waals surface area contributed by atoms with Crippen molar-refractivity contribution in [3.05, 3.63) is 217 Å². The number of benzene rings is 10. The molecular formula is C61H40N2O. The molecule has 64 heavy (non-hydrogen) atoms. The second kappa shape index (κ2) is 13.9. The van der Waals surface area contributed by atoms with Crippen molar-refractivity contribution >= 4 is 54.3 Å². The van der Waals surface area contributed by atoms with Crippen molar-refractivity contribution in [1.82, 2.24) is 9.97 Å². The van der Waals surface area contributed by atoms with E-state index in [0.29, 0.717) is 5.82 Å². The van der Waals surface area contributed by atoms with E-state index in [1.807, 2.05) is 6.07 Å². The molecule has 0 radical (unpaired) electrons. The van der Waals surface area contributed by atoms with Crippen LogP contribution in [-0.4, -0.2) is 9.97 Å². The molecule has 2 aromatic heterocycles. The lowest BCUT2D eigenvalue weighted by Gasteiger charge is -2.22. The Balaban J connectivity index is 0.951. The van der Waals surface area contributed by atoms with E-state index in [4.69, 9.17) is 14.4 Å². The summed E-state index contributed by atoms with van der Waals surface area (Å²) in [4.78, 5) is 10.7. The van der Waals surface area contributed by atoms with E-state index >= 15 is 0 Å². The Labute approximate surface area is 371 Å². The summed E-state index contributed by atoms with van der Waals surface area (Å²) in [5, 5.41) is 9.47. The predicted octanol–water partition coefficient (Wildman–Crippen LogP) is 16.5. The maximum absolute atomic E-state index is 6.35. The van der Waals surface area contributed by atoms with E-state index in [1.165, 1.54) is 54.7 Å². The quantitative estimate of drug-likeness (QED) is 0.174. The Hall–Kier alpha value is -8.14. The van der Waals surface area contributed by atoms with Gasteiger partial charge in [-0.3, -0.25) is 0 Å². The van der Waals surface area contributed by atoms with Gasteiger partial charge in [-0.05, 0) is 125 Å². The molecule has 13 rings (SSSR count). The van der Waals surface area contributed by atoms with Crippen LogP contribution in [0.5, 0.6) is 0 Å². The summed E-state index contributed by atoms with van der Waals surface area (Å²) in [6.45, 7) is 4.70. The lowest BCUT2D eigenvalue weighted by Crippen LogP contribution is -2.14. The van der Waals surface area contributed by atoms with Crippen LogP contribution in [0.3, 0.4) is 0 Å². The highest BCUT2D eigenvalue weighted by molar-refractivity contribution is 6.11. The van der Waals surface area contributed by atoms with E-state index in [9.17, 15) is 0 Å². The van der Waals surface area contributed by atoms with Gasteiger partial charge in [0.1, 0.15) is 11.2 Å². The number of furan rings is 1. The maximum atomic E-state index is 6.35. The third kappa shape index (κ3) is 5.67. The van der Waals surface area contributed by atoms with Crippen LogP contribution in [0.15, 0.2) is 211 Å². The van der Waals surface area contributed by atoms with Gasteiger partial charge in [-0.25, -0.2) is 9.97 Å². The molecule has 0 spiro atoms. The first-order chi connectivity index (χ1) is 31.4. The molecule has 0 fully saturated rings. The molecule has 2 heterocycles. The van der Waals surface area contributed by atoms with Gasteiger partial charge in [0, 0.05) is 32.9 Å². The molecule has 3 heteroatoms. The van der Waals surface area contributed by atoms with E-state index in [2.05, 4.69) is 214 Å². The summed E-state index contributed by atoms with van der Waals surface area (Å²) in [6, 6.07) is 74.3. The van der Waals surface area contributed by atoms with E-state index < -0.39 is 0 Å². The molecule has 0 aliphatic heterocycles. The Morgan fingerprint density at radius 2 is 0.938 bits per heavy atom. The molecule has 0 N–H and O–H groups in total. The monoisotopic (exact) mass is 816 g/mol. The minimum absolute atomic E-state index is 0.165. The van der Waals surface area contributed by atoms with Crippen LogP contribution < -0.4 is 0 Å². The summed E-state index contributed by atoms with van der Waals surface area (Å²) >= 11 is 0. The topological polar surface area (TPSA) is 38.9 Å². The second-order valence-corrected chi connectivity index (χ2v) is 17.7. The van der Waals surface area contributed by atoms with Crippen LogP contribution in [0.4, 0.5) is 0 Å². The van der Waals surface area contributed by atoms with Crippen molar-refractivity contribution in [3.63, 3.8) is 0 Å². The van der Waals surface area contributed by atoms with E-state index in [-0.39, 0.29) is 5.41 Å². The highest BCUT2D eigenvalue weighted by Gasteiger charge is 2.37. The number of hydrogen-bond donors (Lipinski definition) is 0. The lowest BCUT2D eigenvalue weighted by atomic mass is 9.81. The average Bonchev–Trinajstić information content (AvgIpc) is 3.81. The largest absolute Gasteiger partial charge is 0.456 e. The van der Waals surface area contributed by atoms with E-state index in [0.717, 1.165) is 72.1 Å². The van der Waals surface area contributed by atoms with Gasteiger partial charge in [0.15, 0.2) is 5.82 Å². The van der Waals surface area contributed by atoms with Gasteiger partial charge in [0.2, 0.25) is 0 Å². The fraction of sp³-hybridized carbons (Fsp3) is 0.0492. The molecule has 10 aromatic carbocycles. The van der Waals surface area contributed by atoms with E-state index in [1.54, 1.807) is 0 Å². The Kier molecular flexibility index (Phi) is 7.95. The van der Waals surface area contributed by atoms with Gasteiger partial charge in [-0.2, -0.15) is 0 Å². The van der Waals surface area contributed by atoms with Crippen molar-refractivity contribution in [1.29, 1.82) is 0 Å². The zero-order valence-corrected chi connectivity index (χ0v) is 35.4. The fourth-order valence-corrected chi connectivity index (χ4v) is 10.4. The van der Waals surface area contributed by atoms with Crippen molar-refractivity contribution in [2.45, 2.75) is 19.3 Å². The number of rotatable bonds is 5. The Bertz CT molecular complexity index is 3880. The Morgan fingerprint density at radius 1 is 0.344 bits per heavy atom. The van der Waals surface area contributed by atoms with Gasteiger partial charge in [0.25, 0.3) is 0 Å². The van der Waals surface area contributed by atoms with Crippen LogP contribution in [0, 0.1) is 0 Å². The summed E-state index contributed by atoms with van der Waals surface area (Å²) in [6.07, 6.45) is 0. The third-order valence-electron chi connectivity index (χ3n) is 13.6. The lowest BCUT2D eigenvalue weighted by molar-refractivity contribution is 0.661. The fourth-order valence-electron chi connectivity index (χ4n) is 10.4. The molecular weight excluding hydrogens is 777 g/mol. The molecule has 1 aliphatic rings. The summed E-state index contributed by atoms with van der Waals surface area (Å²) in [5.74, 6) is 0.707. The highest BCUT2D eigenvalue weighted by atomic mass is 16.3. The zero-order valence-electron chi connectivity index (χ0n) is 35.4. The van der Waals surface area contributed by atoms with Crippen LogP contribution in [-0.2, 0) is 5.41 Å². The van der Waals surface area contributed by atoms with Crippen LogP contribution in [0.2, 0.25) is 0 Å². The molecule has 0 bridgehead atoms. The van der Waals surface area contributed by atoms with Crippen LogP contribution in [0.1, 0.15) is 25.0 Å². The predicted molar refractivity (Wildman–Crippen MR) is 267 cm³/mol. The molecule has 12 aromatic rings. The highest BCUT2D eigenvalue weighted by Crippen LogP contribution is 2.53. The van der Waals surface area contributed by atoms with Gasteiger partial charge in [-0.1, -0.05) is 172 Å². The maximum Gasteiger partial charge on any atom is 0.160 e. The number of fused-ring (bicyclic) bond motifs is 9. The molecule has 0 saturated carbocycles. The molecule has 0 atom stereocenters. The van der Waals surface area contributed by atoms with Crippen molar-refractivity contribution in [2.24, 2.45) is 0 Å². The van der Waals surface area contributed by atoms with Crippen molar-refractivity contribution in [2.75, 3.05) is 0 Å². The molecule has 300 valence electrons. The third-order valence-corrected chi connectivity index (χ3v) is 13.6. The standard InChI is InChI=1S/C61H40N2O/c1-61(2)53-25-13-24-49(59(53)52-33-40-17-6-8-18-41(40)34-54(52)61)56-36-55(62-60(63-56)37-14-4-3-5-15-37)48-28-27-45(46-22-10-11-23-47(46)48)44-21-12-20-38(30-44)43-26-29-57-50(32-43)51-31-39-16-7-9-19-42(39)35-58(51)64-57/h3-36H,1-2H3. The first-order valence-electron chi connectivity index (χ1n) is 22.0. The second-order valence-electron chi connectivity index (χ2n) is 17.7. The molecule has 1 aliphatic carbocycles. The van der Waals surface area contributed by atoms with Gasteiger partial charge in [-0.15, -0.1) is 0 Å².